The number of hydrogen-bond donors (Lipinski definition) is 0. The first kappa shape index (κ1) is 13.0. The van der Waals surface area contributed by atoms with E-state index in [0.717, 1.165) is 12.8 Å². The van der Waals surface area contributed by atoms with Crippen LogP contribution in [0.25, 0.3) is 0 Å². The van der Waals surface area contributed by atoms with Gasteiger partial charge in [-0.05, 0) is 18.9 Å². The van der Waals surface area contributed by atoms with Crippen LogP contribution in [-0.2, 0) is 9.53 Å². The molecular formula is C12H20O2. The van der Waals surface area contributed by atoms with Crippen LogP contribution in [0.5, 0.6) is 0 Å². The first-order chi connectivity index (χ1) is 6.85. The van der Waals surface area contributed by atoms with Crippen molar-refractivity contribution in [3.63, 3.8) is 0 Å². The third kappa shape index (κ3) is 7.63. The van der Waals surface area contributed by atoms with Gasteiger partial charge in [-0.1, -0.05) is 39.2 Å². The Hall–Kier alpha value is -1.01. The van der Waals surface area contributed by atoms with Crippen LogP contribution in [0, 0.1) is 0 Å². The van der Waals surface area contributed by atoms with Crippen molar-refractivity contribution >= 4 is 6.47 Å². The van der Waals surface area contributed by atoms with E-state index in [0.29, 0.717) is 6.47 Å². The zero-order valence-corrected chi connectivity index (χ0v) is 9.00. The van der Waals surface area contributed by atoms with Gasteiger partial charge >= 0.3 is 0 Å². The highest BCUT2D eigenvalue weighted by atomic mass is 16.5. The quantitative estimate of drug-likeness (QED) is 0.321. The molecule has 1 atom stereocenters. The Morgan fingerprint density at radius 1 is 1.36 bits per heavy atom. The van der Waals surface area contributed by atoms with Crippen molar-refractivity contribution in [1.82, 2.24) is 0 Å². The van der Waals surface area contributed by atoms with Crippen LogP contribution in [-0.4, -0.2) is 12.6 Å². The van der Waals surface area contributed by atoms with Crippen molar-refractivity contribution in [1.29, 1.82) is 0 Å². The zero-order chi connectivity index (χ0) is 10.6. The fraction of sp³-hybridized carbons (Fsp3) is 0.667. The van der Waals surface area contributed by atoms with Crippen molar-refractivity contribution in [2.75, 3.05) is 0 Å². The van der Waals surface area contributed by atoms with E-state index in [-0.39, 0.29) is 6.10 Å². The third-order valence-electron chi connectivity index (χ3n) is 2.13. The molecule has 1 unspecified atom stereocenters. The lowest BCUT2D eigenvalue weighted by atomic mass is 10.1. The lowest BCUT2D eigenvalue weighted by Gasteiger charge is -2.08. The molecule has 0 aliphatic carbocycles. The molecule has 0 saturated heterocycles. The molecule has 0 radical (unpaired) electrons. The average molecular weight is 196 g/mol. The second-order valence-electron chi connectivity index (χ2n) is 3.34. The van der Waals surface area contributed by atoms with Gasteiger partial charge < -0.3 is 4.74 Å². The van der Waals surface area contributed by atoms with Crippen molar-refractivity contribution in [2.45, 2.75) is 51.6 Å². The topological polar surface area (TPSA) is 26.3 Å². The van der Waals surface area contributed by atoms with Gasteiger partial charge in [-0.2, -0.15) is 0 Å². The molecule has 0 aliphatic heterocycles. The van der Waals surface area contributed by atoms with Crippen molar-refractivity contribution in [3.8, 4) is 0 Å². The summed E-state index contributed by atoms with van der Waals surface area (Å²) in [6, 6.07) is 0. The lowest BCUT2D eigenvalue weighted by molar-refractivity contribution is -0.131. The predicted octanol–water partition coefficient (Wildman–Crippen LogP) is 3.23. The average Bonchev–Trinajstić information content (AvgIpc) is 2.18. The highest BCUT2D eigenvalue weighted by Crippen LogP contribution is 2.09. The summed E-state index contributed by atoms with van der Waals surface area (Å²) in [6.45, 7) is 6.15. The molecule has 0 bridgehead atoms. The molecule has 0 aromatic rings. The molecule has 14 heavy (non-hydrogen) atoms. The molecule has 0 amide bonds. The maximum absolute atomic E-state index is 10.1. The summed E-state index contributed by atoms with van der Waals surface area (Å²) in [5.41, 5.74) is 2.65. The Bertz CT molecular complexity index is 181. The fourth-order valence-corrected chi connectivity index (χ4v) is 1.34. The summed E-state index contributed by atoms with van der Waals surface area (Å²) < 4.78 is 4.85. The van der Waals surface area contributed by atoms with Crippen molar-refractivity contribution < 1.29 is 9.53 Å². The minimum Gasteiger partial charge on any atom is -0.460 e. The number of rotatable bonds is 9. The van der Waals surface area contributed by atoms with Gasteiger partial charge in [0.25, 0.3) is 6.47 Å². The SMILES string of the molecule is C=C=CC(CCCCCCC)OC=O. The molecule has 0 aromatic carbocycles. The summed E-state index contributed by atoms with van der Waals surface area (Å²) in [6.07, 6.45) is 8.55. The van der Waals surface area contributed by atoms with Crippen LogP contribution >= 0.6 is 0 Å². The molecule has 0 N–H and O–H groups in total. The molecule has 2 nitrogen and oxygen atoms in total. The summed E-state index contributed by atoms with van der Waals surface area (Å²) >= 11 is 0. The van der Waals surface area contributed by atoms with Crippen LogP contribution < -0.4 is 0 Å². The van der Waals surface area contributed by atoms with Gasteiger partial charge in [0.1, 0.15) is 6.10 Å². The Labute approximate surface area is 86.6 Å². The van der Waals surface area contributed by atoms with E-state index >= 15 is 0 Å². The van der Waals surface area contributed by atoms with E-state index in [1.54, 1.807) is 6.08 Å². The van der Waals surface area contributed by atoms with Crippen LogP contribution in [0.1, 0.15) is 45.4 Å². The maximum Gasteiger partial charge on any atom is 0.293 e. The number of hydrogen-bond acceptors (Lipinski definition) is 2. The predicted molar refractivity (Wildman–Crippen MR) is 58.0 cm³/mol. The van der Waals surface area contributed by atoms with Crippen molar-refractivity contribution in [3.05, 3.63) is 18.4 Å². The van der Waals surface area contributed by atoms with Gasteiger partial charge in [0, 0.05) is 0 Å². The maximum atomic E-state index is 10.1. The van der Waals surface area contributed by atoms with E-state index in [1.807, 2.05) is 0 Å². The van der Waals surface area contributed by atoms with Crippen LogP contribution in [0.15, 0.2) is 18.4 Å². The molecule has 0 spiro atoms. The fourth-order valence-electron chi connectivity index (χ4n) is 1.34. The molecule has 0 saturated carbocycles. The van der Waals surface area contributed by atoms with Gasteiger partial charge in [0.2, 0.25) is 0 Å². The largest absolute Gasteiger partial charge is 0.460 e. The van der Waals surface area contributed by atoms with E-state index < -0.39 is 0 Å². The first-order valence-corrected chi connectivity index (χ1v) is 5.30. The molecule has 0 rings (SSSR count). The van der Waals surface area contributed by atoms with E-state index in [9.17, 15) is 4.79 Å². The standard InChI is InChI=1S/C12H20O2/c1-3-5-6-7-8-10-12(9-4-2)14-11-13/h9,11-12H,2-3,5-8,10H2,1H3. The second-order valence-corrected chi connectivity index (χ2v) is 3.34. The first-order valence-electron chi connectivity index (χ1n) is 5.30. The van der Waals surface area contributed by atoms with Gasteiger partial charge in [-0.15, -0.1) is 5.73 Å². The Balaban J connectivity index is 3.50. The molecular weight excluding hydrogens is 176 g/mol. The Kier molecular flexibility index (Phi) is 9.35. The van der Waals surface area contributed by atoms with Gasteiger partial charge in [-0.25, -0.2) is 0 Å². The van der Waals surface area contributed by atoms with E-state index in [2.05, 4.69) is 19.2 Å². The van der Waals surface area contributed by atoms with Crippen molar-refractivity contribution in [2.24, 2.45) is 0 Å². The number of ether oxygens (including phenoxy) is 1. The van der Waals surface area contributed by atoms with E-state index in [1.165, 1.54) is 25.7 Å². The van der Waals surface area contributed by atoms with E-state index in [4.69, 9.17) is 4.74 Å². The monoisotopic (exact) mass is 196 g/mol. The number of carbonyl (C=O) groups is 1. The molecule has 0 aliphatic rings. The van der Waals surface area contributed by atoms with Crippen LogP contribution in [0.3, 0.4) is 0 Å². The molecule has 80 valence electrons. The smallest absolute Gasteiger partial charge is 0.293 e. The summed E-state index contributed by atoms with van der Waals surface area (Å²) in [5.74, 6) is 0. The highest BCUT2D eigenvalue weighted by Gasteiger charge is 2.03. The summed E-state index contributed by atoms with van der Waals surface area (Å²) in [4.78, 5) is 10.1. The highest BCUT2D eigenvalue weighted by molar-refractivity contribution is 5.37. The zero-order valence-electron chi connectivity index (χ0n) is 9.00. The normalized spacial score (nSPS) is 11.5. The third-order valence-corrected chi connectivity index (χ3v) is 2.13. The molecule has 0 fully saturated rings. The summed E-state index contributed by atoms with van der Waals surface area (Å²) in [7, 11) is 0. The lowest BCUT2D eigenvalue weighted by Crippen LogP contribution is -2.07. The summed E-state index contributed by atoms with van der Waals surface area (Å²) in [5, 5.41) is 0. The molecule has 0 heterocycles. The number of carbonyl (C=O) groups excluding carboxylic acids is 1. The Morgan fingerprint density at radius 3 is 2.64 bits per heavy atom. The molecule has 0 aromatic heterocycles. The number of unbranched alkanes of at least 4 members (excludes halogenated alkanes) is 4. The minimum absolute atomic E-state index is 0.133. The van der Waals surface area contributed by atoms with Gasteiger partial charge in [0.05, 0.1) is 0 Å². The van der Waals surface area contributed by atoms with Crippen LogP contribution in [0.2, 0.25) is 0 Å². The minimum atomic E-state index is -0.133. The van der Waals surface area contributed by atoms with Gasteiger partial charge in [-0.3, -0.25) is 4.79 Å². The van der Waals surface area contributed by atoms with Crippen LogP contribution in [0.4, 0.5) is 0 Å². The Morgan fingerprint density at radius 2 is 2.07 bits per heavy atom. The second kappa shape index (κ2) is 10.1. The molecule has 2 heteroatoms. The van der Waals surface area contributed by atoms with Gasteiger partial charge in [0.15, 0.2) is 0 Å².